The van der Waals surface area contributed by atoms with Crippen LogP contribution in [0.2, 0.25) is 0 Å². The SMILES string of the molecule is COCC(C)OC(=O)CC1(CN)CCC1. The molecular weight excluding hydrogens is 194 g/mol. The number of ether oxygens (including phenoxy) is 2. The van der Waals surface area contributed by atoms with Gasteiger partial charge < -0.3 is 15.2 Å². The summed E-state index contributed by atoms with van der Waals surface area (Å²) in [6.45, 7) is 2.86. The van der Waals surface area contributed by atoms with Gasteiger partial charge in [-0.1, -0.05) is 6.42 Å². The van der Waals surface area contributed by atoms with Gasteiger partial charge in [0.15, 0.2) is 0 Å². The molecule has 0 heterocycles. The molecule has 4 heteroatoms. The Balaban J connectivity index is 2.28. The number of carbonyl (C=O) groups is 1. The van der Waals surface area contributed by atoms with Crippen LogP contribution in [-0.2, 0) is 14.3 Å². The zero-order valence-corrected chi connectivity index (χ0v) is 9.62. The highest BCUT2D eigenvalue weighted by Gasteiger charge is 2.38. The lowest BCUT2D eigenvalue weighted by Crippen LogP contribution is -2.40. The Bertz CT molecular complexity index is 208. The fourth-order valence-electron chi connectivity index (χ4n) is 1.97. The molecule has 1 rings (SSSR count). The molecule has 0 amide bonds. The van der Waals surface area contributed by atoms with E-state index in [-0.39, 0.29) is 17.5 Å². The minimum absolute atomic E-state index is 0.0316. The smallest absolute Gasteiger partial charge is 0.306 e. The van der Waals surface area contributed by atoms with Crippen LogP contribution < -0.4 is 5.73 Å². The summed E-state index contributed by atoms with van der Waals surface area (Å²) in [5.41, 5.74) is 5.71. The molecule has 2 N–H and O–H groups in total. The van der Waals surface area contributed by atoms with Crippen LogP contribution in [-0.4, -0.2) is 32.3 Å². The first-order valence-electron chi connectivity index (χ1n) is 5.50. The summed E-state index contributed by atoms with van der Waals surface area (Å²) in [4.78, 5) is 11.6. The number of hydrogen-bond acceptors (Lipinski definition) is 4. The van der Waals surface area contributed by atoms with Crippen molar-refractivity contribution in [2.75, 3.05) is 20.3 Å². The summed E-state index contributed by atoms with van der Waals surface area (Å²) in [6.07, 6.45) is 3.57. The van der Waals surface area contributed by atoms with Crippen LogP contribution in [0.25, 0.3) is 0 Å². The third kappa shape index (κ3) is 3.47. The fraction of sp³-hybridized carbons (Fsp3) is 0.909. The predicted octanol–water partition coefficient (Wildman–Crippen LogP) is 1.08. The number of esters is 1. The normalized spacial score (nSPS) is 20.5. The summed E-state index contributed by atoms with van der Waals surface area (Å²) in [5, 5.41) is 0. The average molecular weight is 215 g/mol. The lowest BCUT2D eigenvalue weighted by molar-refractivity contribution is -0.154. The Hall–Kier alpha value is -0.610. The fourth-order valence-corrected chi connectivity index (χ4v) is 1.97. The van der Waals surface area contributed by atoms with Crippen LogP contribution in [0, 0.1) is 5.41 Å². The highest BCUT2D eigenvalue weighted by Crippen LogP contribution is 2.43. The molecule has 0 aromatic carbocycles. The van der Waals surface area contributed by atoms with Gasteiger partial charge in [-0.05, 0) is 31.7 Å². The van der Waals surface area contributed by atoms with E-state index in [1.807, 2.05) is 6.92 Å². The molecule has 88 valence electrons. The van der Waals surface area contributed by atoms with Crippen LogP contribution in [0.1, 0.15) is 32.6 Å². The lowest BCUT2D eigenvalue weighted by Gasteiger charge is -2.40. The van der Waals surface area contributed by atoms with Gasteiger partial charge in [0.1, 0.15) is 6.10 Å². The van der Waals surface area contributed by atoms with Gasteiger partial charge in [-0.3, -0.25) is 4.79 Å². The minimum atomic E-state index is -0.169. The van der Waals surface area contributed by atoms with E-state index in [0.29, 0.717) is 19.6 Å². The van der Waals surface area contributed by atoms with Gasteiger partial charge >= 0.3 is 5.97 Å². The van der Waals surface area contributed by atoms with Crippen LogP contribution in [0.3, 0.4) is 0 Å². The quantitative estimate of drug-likeness (QED) is 0.674. The third-order valence-electron chi connectivity index (χ3n) is 3.10. The number of hydrogen-bond donors (Lipinski definition) is 1. The second kappa shape index (κ2) is 5.47. The second-order valence-electron chi connectivity index (χ2n) is 4.49. The zero-order valence-electron chi connectivity index (χ0n) is 9.62. The van der Waals surface area contributed by atoms with Crippen molar-refractivity contribution in [1.82, 2.24) is 0 Å². The van der Waals surface area contributed by atoms with Crippen molar-refractivity contribution >= 4 is 5.97 Å². The van der Waals surface area contributed by atoms with E-state index in [4.69, 9.17) is 15.2 Å². The van der Waals surface area contributed by atoms with Gasteiger partial charge in [0.2, 0.25) is 0 Å². The van der Waals surface area contributed by atoms with Gasteiger partial charge in [-0.2, -0.15) is 0 Å². The maximum absolute atomic E-state index is 11.6. The van der Waals surface area contributed by atoms with Crippen molar-refractivity contribution in [2.45, 2.75) is 38.7 Å². The number of carbonyl (C=O) groups excluding carboxylic acids is 1. The molecule has 0 aromatic rings. The molecule has 0 bridgehead atoms. The molecule has 0 saturated heterocycles. The monoisotopic (exact) mass is 215 g/mol. The molecule has 0 aromatic heterocycles. The molecule has 1 unspecified atom stereocenters. The van der Waals surface area contributed by atoms with Gasteiger partial charge in [0, 0.05) is 7.11 Å². The molecule has 1 fully saturated rings. The van der Waals surface area contributed by atoms with E-state index in [1.165, 1.54) is 6.42 Å². The van der Waals surface area contributed by atoms with Crippen LogP contribution >= 0.6 is 0 Å². The molecule has 0 aliphatic heterocycles. The van der Waals surface area contributed by atoms with Crippen molar-refractivity contribution in [3.8, 4) is 0 Å². The number of rotatable bonds is 6. The topological polar surface area (TPSA) is 61.5 Å². The summed E-state index contributed by atoms with van der Waals surface area (Å²) in [6, 6.07) is 0. The maximum atomic E-state index is 11.6. The number of methoxy groups -OCH3 is 1. The summed E-state index contributed by atoms with van der Waals surface area (Å²) in [7, 11) is 1.59. The Morgan fingerprint density at radius 2 is 2.20 bits per heavy atom. The maximum Gasteiger partial charge on any atom is 0.306 e. The Kier molecular flexibility index (Phi) is 4.54. The van der Waals surface area contributed by atoms with Crippen LogP contribution in [0.5, 0.6) is 0 Å². The summed E-state index contributed by atoms with van der Waals surface area (Å²) in [5.74, 6) is -0.148. The van der Waals surface area contributed by atoms with E-state index in [2.05, 4.69) is 0 Å². The molecule has 1 aliphatic rings. The van der Waals surface area contributed by atoms with Gasteiger partial charge in [-0.15, -0.1) is 0 Å². The third-order valence-corrected chi connectivity index (χ3v) is 3.10. The van der Waals surface area contributed by atoms with Crippen molar-refractivity contribution in [2.24, 2.45) is 11.1 Å². The van der Waals surface area contributed by atoms with Gasteiger partial charge in [0.05, 0.1) is 13.0 Å². The van der Waals surface area contributed by atoms with Crippen molar-refractivity contribution in [1.29, 1.82) is 0 Å². The lowest BCUT2D eigenvalue weighted by atomic mass is 9.67. The van der Waals surface area contributed by atoms with Crippen molar-refractivity contribution in [3.63, 3.8) is 0 Å². The summed E-state index contributed by atoms with van der Waals surface area (Å²) >= 11 is 0. The molecule has 1 aliphatic carbocycles. The van der Waals surface area contributed by atoms with E-state index in [9.17, 15) is 4.79 Å². The summed E-state index contributed by atoms with van der Waals surface area (Å²) < 4.78 is 10.1. The molecule has 1 saturated carbocycles. The average Bonchev–Trinajstić information content (AvgIpc) is 2.11. The van der Waals surface area contributed by atoms with E-state index in [0.717, 1.165) is 12.8 Å². The zero-order chi connectivity index (χ0) is 11.3. The largest absolute Gasteiger partial charge is 0.460 e. The molecule has 1 atom stereocenters. The van der Waals surface area contributed by atoms with E-state index in [1.54, 1.807) is 7.11 Å². The Labute approximate surface area is 91.1 Å². The first kappa shape index (κ1) is 12.5. The molecule has 0 radical (unpaired) electrons. The number of nitrogens with two attached hydrogens (primary N) is 1. The van der Waals surface area contributed by atoms with Crippen LogP contribution in [0.4, 0.5) is 0 Å². The first-order valence-corrected chi connectivity index (χ1v) is 5.50. The first-order chi connectivity index (χ1) is 7.12. The highest BCUT2D eigenvalue weighted by molar-refractivity contribution is 5.70. The van der Waals surface area contributed by atoms with Gasteiger partial charge in [-0.25, -0.2) is 0 Å². The van der Waals surface area contributed by atoms with Gasteiger partial charge in [0.25, 0.3) is 0 Å². The molecule has 0 spiro atoms. The molecule has 4 nitrogen and oxygen atoms in total. The van der Waals surface area contributed by atoms with Crippen LogP contribution in [0.15, 0.2) is 0 Å². The Morgan fingerprint density at radius 3 is 2.60 bits per heavy atom. The molecule has 15 heavy (non-hydrogen) atoms. The predicted molar refractivity (Wildman–Crippen MR) is 57.4 cm³/mol. The standard InChI is InChI=1S/C11H21NO3/c1-9(7-14-2)15-10(13)6-11(8-12)4-3-5-11/h9H,3-8,12H2,1-2H3. The van der Waals surface area contributed by atoms with Crippen molar-refractivity contribution < 1.29 is 14.3 Å². The highest BCUT2D eigenvalue weighted by atomic mass is 16.6. The van der Waals surface area contributed by atoms with Crippen molar-refractivity contribution in [3.05, 3.63) is 0 Å². The molecular formula is C11H21NO3. The second-order valence-corrected chi connectivity index (χ2v) is 4.49. The Morgan fingerprint density at radius 1 is 1.53 bits per heavy atom. The van der Waals surface area contributed by atoms with E-state index < -0.39 is 0 Å². The minimum Gasteiger partial charge on any atom is -0.460 e. The van der Waals surface area contributed by atoms with E-state index >= 15 is 0 Å².